The molecular formula is C13H20N4S. The fraction of sp³-hybridized carbons (Fsp3) is 0.538. The van der Waals surface area contributed by atoms with E-state index in [1.807, 2.05) is 23.3 Å². The normalized spacial score (nSPS) is 12.9. The quantitative estimate of drug-likeness (QED) is 0.898. The Morgan fingerprint density at radius 3 is 2.78 bits per heavy atom. The number of hydrogen-bond acceptors (Lipinski definition) is 4. The molecule has 0 aliphatic carbocycles. The smallest absolute Gasteiger partial charge is 0.0940 e. The first-order valence-electron chi connectivity index (χ1n) is 6.21. The molecule has 0 aliphatic heterocycles. The topological polar surface area (TPSA) is 56.7 Å². The largest absolute Gasteiger partial charge is 0.327 e. The number of nitrogens with two attached hydrogens (primary N) is 1. The molecule has 2 rings (SSSR count). The molecule has 0 aromatic carbocycles. The van der Waals surface area contributed by atoms with Crippen LogP contribution in [0.2, 0.25) is 0 Å². The molecule has 2 aromatic rings. The van der Waals surface area contributed by atoms with Gasteiger partial charge in [0, 0.05) is 36.8 Å². The molecule has 0 saturated heterocycles. The minimum absolute atomic E-state index is 0.176. The van der Waals surface area contributed by atoms with Crippen molar-refractivity contribution in [2.75, 3.05) is 0 Å². The summed E-state index contributed by atoms with van der Waals surface area (Å²) in [5.74, 6) is 0. The van der Waals surface area contributed by atoms with Gasteiger partial charge in [0.1, 0.15) is 0 Å². The molecule has 0 saturated carbocycles. The Balaban J connectivity index is 1.91. The van der Waals surface area contributed by atoms with Crippen LogP contribution in [-0.4, -0.2) is 20.8 Å². The van der Waals surface area contributed by atoms with E-state index in [2.05, 4.69) is 23.9 Å². The summed E-state index contributed by atoms with van der Waals surface area (Å²) in [5.41, 5.74) is 9.87. The van der Waals surface area contributed by atoms with Gasteiger partial charge in [0.05, 0.1) is 10.7 Å². The molecule has 5 heteroatoms. The van der Waals surface area contributed by atoms with Gasteiger partial charge in [0.25, 0.3) is 0 Å². The van der Waals surface area contributed by atoms with Gasteiger partial charge < -0.3 is 5.73 Å². The minimum atomic E-state index is 0.176. The highest BCUT2D eigenvalue weighted by Crippen LogP contribution is 2.16. The van der Waals surface area contributed by atoms with E-state index in [0.29, 0.717) is 0 Å². The Labute approximate surface area is 112 Å². The van der Waals surface area contributed by atoms with E-state index in [0.717, 1.165) is 30.0 Å². The van der Waals surface area contributed by atoms with Crippen molar-refractivity contribution < 1.29 is 0 Å². The van der Waals surface area contributed by atoms with Crippen molar-refractivity contribution in [3.8, 4) is 0 Å². The molecule has 0 spiro atoms. The van der Waals surface area contributed by atoms with Crippen LogP contribution in [0.15, 0.2) is 11.6 Å². The van der Waals surface area contributed by atoms with Crippen LogP contribution < -0.4 is 5.73 Å². The first-order chi connectivity index (χ1) is 8.58. The monoisotopic (exact) mass is 264 g/mol. The lowest BCUT2D eigenvalue weighted by molar-refractivity contribution is 0.606. The molecule has 0 amide bonds. The Morgan fingerprint density at radius 1 is 1.44 bits per heavy atom. The van der Waals surface area contributed by atoms with Crippen LogP contribution in [0.25, 0.3) is 0 Å². The summed E-state index contributed by atoms with van der Waals surface area (Å²) in [4.78, 5) is 4.27. The van der Waals surface area contributed by atoms with E-state index in [-0.39, 0.29) is 6.04 Å². The summed E-state index contributed by atoms with van der Waals surface area (Å²) in [6.07, 6.45) is 4.68. The molecule has 2 aromatic heterocycles. The molecule has 1 unspecified atom stereocenters. The molecule has 0 radical (unpaired) electrons. The summed E-state index contributed by atoms with van der Waals surface area (Å²) in [5, 5.41) is 7.55. The molecule has 0 fully saturated rings. The van der Waals surface area contributed by atoms with Crippen molar-refractivity contribution in [2.45, 2.75) is 39.2 Å². The van der Waals surface area contributed by atoms with Gasteiger partial charge in [-0.05, 0) is 32.3 Å². The lowest BCUT2D eigenvalue weighted by Gasteiger charge is -2.09. The highest BCUT2D eigenvalue weighted by Gasteiger charge is 2.12. The number of rotatable bonds is 5. The molecule has 1 atom stereocenters. The predicted octanol–water partition coefficient (Wildman–Crippen LogP) is 2.00. The summed E-state index contributed by atoms with van der Waals surface area (Å²) in [6, 6.07) is 0.176. The lowest BCUT2D eigenvalue weighted by Crippen LogP contribution is -2.23. The predicted molar refractivity (Wildman–Crippen MR) is 74.8 cm³/mol. The zero-order valence-corrected chi connectivity index (χ0v) is 12.0. The number of aromatic nitrogens is 3. The van der Waals surface area contributed by atoms with Crippen LogP contribution in [0.1, 0.15) is 28.4 Å². The van der Waals surface area contributed by atoms with Crippen LogP contribution in [0, 0.1) is 13.8 Å². The second kappa shape index (κ2) is 5.63. The number of hydrogen-bond donors (Lipinski definition) is 1. The van der Waals surface area contributed by atoms with Crippen LogP contribution in [-0.2, 0) is 19.9 Å². The van der Waals surface area contributed by atoms with Gasteiger partial charge in [-0.1, -0.05) is 0 Å². The average molecular weight is 264 g/mol. The van der Waals surface area contributed by atoms with Gasteiger partial charge in [0.15, 0.2) is 0 Å². The Morgan fingerprint density at radius 2 is 2.22 bits per heavy atom. The van der Waals surface area contributed by atoms with E-state index in [4.69, 9.17) is 5.73 Å². The molecule has 2 heterocycles. The fourth-order valence-corrected chi connectivity index (χ4v) is 2.90. The third-order valence-electron chi connectivity index (χ3n) is 3.34. The minimum Gasteiger partial charge on any atom is -0.327 e. The standard InChI is InChI=1S/C13H20N4S/c1-9-12(10(2)17(3)16-9)5-4-11(14)8-13-15-6-7-18-13/h6-7,11H,4-5,8,14H2,1-3H3. The maximum absolute atomic E-state index is 6.16. The van der Waals surface area contributed by atoms with E-state index < -0.39 is 0 Å². The summed E-state index contributed by atoms with van der Waals surface area (Å²) in [6.45, 7) is 4.18. The number of nitrogens with zero attached hydrogens (tertiary/aromatic N) is 3. The Hall–Kier alpha value is -1.20. The molecule has 0 bridgehead atoms. The molecule has 4 nitrogen and oxygen atoms in total. The summed E-state index contributed by atoms with van der Waals surface area (Å²) < 4.78 is 1.94. The second-order valence-corrected chi connectivity index (χ2v) is 5.68. The second-order valence-electron chi connectivity index (χ2n) is 4.70. The third kappa shape index (κ3) is 2.97. The van der Waals surface area contributed by atoms with E-state index in [1.165, 1.54) is 11.3 Å². The summed E-state index contributed by atoms with van der Waals surface area (Å²) in [7, 11) is 1.99. The number of aryl methyl sites for hydroxylation is 2. The van der Waals surface area contributed by atoms with Gasteiger partial charge in [-0.2, -0.15) is 5.10 Å². The molecular weight excluding hydrogens is 244 g/mol. The van der Waals surface area contributed by atoms with E-state index in [9.17, 15) is 0 Å². The van der Waals surface area contributed by atoms with E-state index in [1.54, 1.807) is 11.3 Å². The van der Waals surface area contributed by atoms with E-state index >= 15 is 0 Å². The lowest BCUT2D eigenvalue weighted by atomic mass is 10.0. The fourth-order valence-electron chi connectivity index (χ4n) is 2.19. The highest BCUT2D eigenvalue weighted by atomic mass is 32.1. The van der Waals surface area contributed by atoms with Crippen LogP contribution in [0.3, 0.4) is 0 Å². The number of thiazole rings is 1. The van der Waals surface area contributed by atoms with Gasteiger partial charge in [-0.3, -0.25) is 4.68 Å². The van der Waals surface area contributed by atoms with Crippen LogP contribution in [0.5, 0.6) is 0 Å². The maximum Gasteiger partial charge on any atom is 0.0940 e. The maximum atomic E-state index is 6.16. The molecule has 98 valence electrons. The first kappa shape index (κ1) is 13.2. The van der Waals surface area contributed by atoms with Crippen molar-refractivity contribution >= 4 is 11.3 Å². The SMILES string of the molecule is Cc1nn(C)c(C)c1CCC(N)Cc1nccs1. The molecule has 18 heavy (non-hydrogen) atoms. The van der Waals surface area contributed by atoms with Crippen LogP contribution >= 0.6 is 11.3 Å². The average Bonchev–Trinajstić information content (AvgIpc) is 2.88. The Kier molecular flexibility index (Phi) is 4.14. The Bertz CT molecular complexity index is 501. The zero-order valence-electron chi connectivity index (χ0n) is 11.2. The summed E-state index contributed by atoms with van der Waals surface area (Å²) >= 11 is 1.68. The van der Waals surface area contributed by atoms with Gasteiger partial charge >= 0.3 is 0 Å². The van der Waals surface area contributed by atoms with Crippen LogP contribution in [0.4, 0.5) is 0 Å². The van der Waals surface area contributed by atoms with Gasteiger partial charge in [0.2, 0.25) is 0 Å². The van der Waals surface area contributed by atoms with Gasteiger partial charge in [-0.15, -0.1) is 11.3 Å². The van der Waals surface area contributed by atoms with Crippen molar-refractivity contribution in [1.82, 2.24) is 14.8 Å². The third-order valence-corrected chi connectivity index (χ3v) is 4.15. The first-order valence-corrected chi connectivity index (χ1v) is 7.09. The molecule has 0 aliphatic rings. The van der Waals surface area contributed by atoms with Crippen molar-refractivity contribution in [1.29, 1.82) is 0 Å². The molecule has 2 N–H and O–H groups in total. The van der Waals surface area contributed by atoms with Crippen molar-refractivity contribution in [2.24, 2.45) is 12.8 Å². The van der Waals surface area contributed by atoms with Crippen molar-refractivity contribution in [3.63, 3.8) is 0 Å². The highest BCUT2D eigenvalue weighted by molar-refractivity contribution is 7.09. The zero-order chi connectivity index (χ0) is 13.1. The van der Waals surface area contributed by atoms with Crippen molar-refractivity contribution in [3.05, 3.63) is 33.5 Å². The van der Waals surface area contributed by atoms with Gasteiger partial charge in [-0.25, -0.2) is 4.98 Å².